The van der Waals surface area contributed by atoms with Crippen molar-refractivity contribution in [1.29, 1.82) is 0 Å². The Kier molecular flexibility index (Phi) is 5.95. The van der Waals surface area contributed by atoms with Gasteiger partial charge in [-0.25, -0.2) is 0 Å². The number of anilines is 2. The molecule has 7 nitrogen and oxygen atoms in total. The molecule has 2 atom stereocenters. The molecule has 1 saturated heterocycles. The molecule has 1 aliphatic heterocycles. The first-order valence-corrected chi connectivity index (χ1v) is 10.4. The summed E-state index contributed by atoms with van der Waals surface area (Å²) in [5, 5.41) is 7.08. The number of aromatic nitrogens is 1. The first-order valence-electron chi connectivity index (χ1n) is 10.4. The second kappa shape index (κ2) is 8.81. The number of carbonyl (C=O) groups excluding carboxylic acids is 1. The molecule has 1 aliphatic rings. The SMILES string of the molecule is COc1c(-c2ccc(NC(C)=O)cc2)cccc1-c1cc(N2C[C@@H](C)O[C@@H](C)C2)no1. The number of nitrogens with one attached hydrogen (secondary N) is 1. The van der Waals surface area contributed by atoms with Crippen LogP contribution in [0.5, 0.6) is 5.75 Å². The average Bonchev–Trinajstić information content (AvgIpc) is 3.23. The van der Waals surface area contributed by atoms with Gasteiger partial charge < -0.3 is 24.2 Å². The second-order valence-electron chi connectivity index (χ2n) is 7.86. The molecule has 162 valence electrons. The summed E-state index contributed by atoms with van der Waals surface area (Å²) >= 11 is 0. The number of methoxy groups -OCH3 is 1. The van der Waals surface area contributed by atoms with Crippen molar-refractivity contribution < 1.29 is 18.8 Å². The summed E-state index contributed by atoms with van der Waals surface area (Å²) in [6, 6.07) is 15.5. The number of hydrogen-bond acceptors (Lipinski definition) is 6. The van der Waals surface area contributed by atoms with Crippen molar-refractivity contribution in [3.8, 4) is 28.2 Å². The van der Waals surface area contributed by atoms with Gasteiger partial charge in [-0.15, -0.1) is 0 Å². The van der Waals surface area contributed by atoms with E-state index in [0.29, 0.717) is 11.5 Å². The minimum Gasteiger partial charge on any atom is -0.495 e. The maximum absolute atomic E-state index is 11.3. The zero-order valence-electron chi connectivity index (χ0n) is 18.2. The number of para-hydroxylation sites is 1. The van der Waals surface area contributed by atoms with Gasteiger partial charge in [-0.1, -0.05) is 29.4 Å². The lowest BCUT2D eigenvalue weighted by molar-refractivity contribution is -0.114. The van der Waals surface area contributed by atoms with Crippen LogP contribution in [0.1, 0.15) is 20.8 Å². The molecule has 7 heteroatoms. The van der Waals surface area contributed by atoms with Gasteiger partial charge in [0.1, 0.15) is 5.75 Å². The maximum atomic E-state index is 11.3. The molecule has 1 fully saturated rings. The molecule has 0 aliphatic carbocycles. The average molecular weight is 421 g/mol. The molecule has 4 rings (SSSR count). The normalized spacial score (nSPS) is 18.6. The summed E-state index contributed by atoms with van der Waals surface area (Å²) in [4.78, 5) is 13.4. The van der Waals surface area contributed by atoms with Gasteiger partial charge in [0.25, 0.3) is 0 Å². The van der Waals surface area contributed by atoms with Gasteiger partial charge in [0, 0.05) is 37.3 Å². The molecule has 2 heterocycles. The molecule has 0 radical (unpaired) electrons. The Bertz CT molecular complexity index is 1050. The largest absolute Gasteiger partial charge is 0.495 e. The minimum absolute atomic E-state index is 0.0995. The van der Waals surface area contributed by atoms with Crippen molar-refractivity contribution in [2.45, 2.75) is 33.0 Å². The Morgan fingerprint density at radius 2 is 1.77 bits per heavy atom. The van der Waals surface area contributed by atoms with Crippen LogP contribution in [0, 0.1) is 0 Å². The fourth-order valence-corrected chi connectivity index (χ4v) is 4.02. The van der Waals surface area contributed by atoms with Crippen LogP contribution >= 0.6 is 0 Å². The standard InChI is InChI=1S/C24H27N3O4/c1-15-13-27(14-16(2)30-15)23-12-22(31-26-23)21-7-5-6-20(24(21)29-4)18-8-10-19(11-9-18)25-17(3)28/h5-12,15-16H,13-14H2,1-4H3,(H,25,28)/t15-,16+. The van der Waals surface area contributed by atoms with Crippen LogP contribution in [0.4, 0.5) is 11.5 Å². The van der Waals surface area contributed by atoms with E-state index in [1.54, 1.807) is 7.11 Å². The molecule has 0 spiro atoms. The van der Waals surface area contributed by atoms with Crippen molar-refractivity contribution in [3.63, 3.8) is 0 Å². The number of amides is 1. The molecule has 1 amide bonds. The van der Waals surface area contributed by atoms with Crippen LogP contribution in [-0.2, 0) is 9.53 Å². The topological polar surface area (TPSA) is 76.8 Å². The van der Waals surface area contributed by atoms with E-state index >= 15 is 0 Å². The highest BCUT2D eigenvalue weighted by Crippen LogP contribution is 2.40. The molecule has 0 unspecified atom stereocenters. The molecular weight excluding hydrogens is 394 g/mol. The number of hydrogen-bond donors (Lipinski definition) is 1. The molecule has 0 saturated carbocycles. The number of rotatable bonds is 5. The maximum Gasteiger partial charge on any atom is 0.221 e. The van der Waals surface area contributed by atoms with E-state index in [4.69, 9.17) is 14.0 Å². The van der Waals surface area contributed by atoms with Gasteiger partial charge in [0.2, 0.25) is 5.91 Å². The third-order valence-electron chi connectivity index (χ3n) is 5.24. The zero-order valence-corrected chi connectivity index (χ0v) is 18.2. The Balaban J connectivity index is 1.65. The van der Waals surface area contributed by atoms with E-state index < -0.39 is 0 Å². The summed E-state index contributed by atoms with van der Waals surface area (Å²) in [5.74, 6) is 2.05. The van der Waals surface area contributed by atoms with Gasteiger partial charge in [0.15, 0.2) is 11.6 Å². The molecule has 1 N–H and O–H groups in total. The van der Waals surface area contributed by atoms with E-state index in [9.17, 15) is 4.79 Å². The van der Waals surface area contributed by atoms with Crippen molar-refractivity contribution in [1.82, 2.24) is 5.16 Å². The highest BCUT2D eigenvalue weighted by molar-refractivity contribution is 5.89. The van der Waals surface area contributed by atoms with Crippen molar-refractivity contribution in [2.24, 2.45) is 0 Å². The summed E-state index contributed by atoms with van der Waals surface area (Å²) in [7, 11) is 1.65. The smallest absolute Gasteiger partial charge is 0.221 e. The van der Waals surface area contributed by atoms with E-state index in [0.717, 1.165) is 41.3 Å². The third-order valence-corrected chi connectivity index (χ3v) is 5.24. The molecular formula is C24H27N3O4. The van der Waals surface area contributed by atoms with Gasteiger partial charge in [-0.2, -0.15) is 0 Å². The second-order valence-corrected chi connectivity index (χ2v) is 7.86. The van der Waals surface area contributed by atoms with Crippen LogP contribution in [0.2, 0.25) is 0 Å². The first kappa shape index (κ1) is 20.9. The lowest BCUT2D eigenvalue weighted by Gasteiger charge is -2.35. The highest BCUT2D eigenvalue weighted by Gasteiger charge is 2.25. The molecule has 1 aromatic heterocycles. The lowest BCUT2D eigenvalue weighted by Crippen LogP contribution is -2.45. The fourth-order valence-electron chi connectivity index (χ4n) is 4.02. The van der Waals surface area contributed by atoms with Gasteiger partial charge >= 0.3 is 0 Å². The summed E-state index contributed by atoms with van der Waals surface area (Å²) in [6.45, 7) is 7.16. The Morgan fingerprint density at radius 3 is 2.42 bits per heavy atom. The van der Waals surface area contributed by atoms with Crippen molar-refractivity contribution in [3.05, 3.63) is 48.5 Å². The molecule has 0 bridgehead atoms. The Hall–Kier alpha value is -3.32. The Labute approximate surface area is 181 Å². The first-order chi connectivity index (χ1) is 14.9. The Morgan fingerprint density at radius 1 is 1.10 bits per heavy atom. The fraction of sp³-hybridized carbons (Fsp3) is 0.333. The summed E-state index contributed by atoms with van der Waals surface area (Å²) < 4.78 is 17.3. The van der Waals surface area contributed by atoms with Crippen LogP contribution in [0.3, 0.4) is 0 Å². The lowest BCUT2D eigenvalue weighted by atomic mass is 10.00. The minimum atomic E-state index is -0.0995. The number of nitrogens with zero attached hydrogens (tertiary/aromatic N) is 2. The number of benzene rings is 2. The quantitative estimate of drug-likeness (QED) is 0.649. The zero-order chi connectivity index (χ0) is 22.0. The molecule has 3 aromatic rings. The number of ether oxygens (including phenoxy) is 2. The van der Waals surface area contributed by atoms with E-state index in [1.807, 2.05) is 48.5 Å². The van der Waals surface area contributed by atoms with Crippen LogP contribution in [-0.4, -0.2) is 43.5 Å². The third kappa shape index (κ3) is 4.56. The van der Waals surface area contributed by atoms with E-state index in [2.05, 4.69) is 29.2 Å². The number of carbonyl (C=O) groups is 1. The monoisotopic (exact) mass is 421 g/mol. The highest BCUT2D eigenvalue weighted by atomic mass is 16.5. The van der Waals surface area contributed by atoms with Crippen LogP contribution in [0.15, 0.2) is 53.1 Å². The van der Waals surface area contributed by atoms with Crippen LogP contribution < -0.4 is 15.0 Å². The predicted octanol–water partition coefficient (Wildman–Crippen LogP) is 4.59. The predicted molar refractivity (Wildman–Crippen MR) is 120 cm³/mol. The number of morpholine rings is 1. The molecule has 2 aromatic carbocycles. The summed E-state index contributed by atoms with van der Waals surface area (Å²) in [5.41, 5.74) is 3.49. The molecule has 31 heavy (non-hydrogen) atoms. The van der Waals surface area contributed by atoms with Gasteiger partial charge in [-0.05, 0) is 37.6 Å². The van der Waals surface area contributed by atoms with Crippen molar-refractivity contribution in [2.75, 3.05) is 30.4 Å². The van der Waals surface area contributed by atoms with Gasteiger partial charge in [0.05, 0.1) is 24.9 Å². The summed E-state index contributed by atoms with van der Waals surface area (Å²) in [6.07, 6.45) is 0.282. The van der Waals surface area contributed by atoms with E-state index in [-0.39, 0.29) is 18.1 Å². The van der Waals surface area contributed by atoms with Gasteiger partial charge in [-0.3, -0.25) is 4.79 Å². The van der Waals surface area contributed by atoms with Crippen molar-refractivity contribution >= 4 is 17.4 Å². The van der Waals surface area contributed by atoms with E-state index in [1.165, 1.54) is 6.92 Å². The van der Waals surface area contributed by atoms with Crippen LogP contribution in [0.25, 0.3) is 22.5 Å².